The maximum Gasteiger partial charge on any atom is 0.331 e. The normalized spacial score (nSPS) is 13.2. The Morgan fingerprint density at radius 3 is 2.68 bits per heavy atom. The minimum atomic E-state index is -0.837. The predicted octanol–water partition coefficient (Wildman–Crippen LogP) is 2.57. The van der Waals surface area contributed by atoms with Crippen LogP contribution in [0.5, 0.6) is 0 Å². The van der Waals surface area contributed by atoms with E-state index in [0.717, 1.165) is 18.4 Å². The summed E-state index contributed by atoms with van der Waals surface area (Å²) in [5, 5.41) is 12.6. The molecule has 1 saturated carbocycles. The molecule has 2 aromatic heterocycles. The van der Waals surface area contributed by atoms with Crippen molar-refractivity contribution in [3.8, 4) is 0 Å². The zero-order valence-electron chi connectivity index (χ0n) is 23.4. The number of aromatic nitrogens is 3. The number of rotatable bonds is 13. The van der Waals surface area contributed by atoms with E-state index in [1.807, 2.05) is 26.8 Å². The zero-order valence-corrected chi connectivity index (χ0v) is 23.4. The number of nitrogens with zero attached hydrogens (tertiary/aromatic N) is 4. The third-order valence-electron chi connectivity index (χ3n) is 6.64. The lowest BCUT2D eigenvalue weighted by atomic mass is 10.1. The van der Waals surface area contributed by atoms with Crippen LogP contribution in [0.1, 0.15) is 58.5 Å². The molecule has 3 N–H and O–H groups in total. The summed E-state index contributed by atoms with van der Waals surface area (Å²) in [5.74, 6) is -0.676. The van der Waals surface area contributed by atoms with Gasteiger partial charge in [-0.3, -0.25) is 19.3 Å². The molecule has 1 fully saturated rings. The van der Waals surface area contributed by atoms with E-state index >= 15 is 0 Å². The van der Waals surface area contributed by atoms with Crippen molar-refractivity contribution >= 4 is 41.2 Å². The number of carbonyl (C=O) groups is 4. The Labute approximate surface area is 236 Å². The second kappa shape index (κ2) is 12.5. The largest absolute Gasteiger partial charge is 0.443 e. The Hall–Kier alpha value is -4.94. The summed E-state index contributed by atoms with van der Waals surface area (Å²) in [4.78, 5) is 54.4. The third-order valence-corrected chi connectivity index (χ3v) is 6.64. The van der Waals surface area contributed by atoms with Crippen molar-refractivity contribution in [2.45, 2.75) is 52.6 Å². The van der Waals surface area contributed by atoms with Crippen LogP contribution in [0.3, 0.4) is 0 Å². The second-order valence-corrected chi connectivity index (χ2v) is 9.62. The number of anilines is 2. The topological polar surface area (TPSA) is 156 Å². The molecule has 13 nitrogen and oxygen atoms in total. The van der Waals surface area contributed by atoms with Crippen LogP contribution in [0.2, 0.25) is 0 Å². The molecule has 0 saturated heterocycles. The van der Waals surface area contributed by atoms with Gasteiger partial charge in [0.25, 0.3) is 11.8 Å². The van der Waals surface area contributed by atoms with Gasteiger partial charge < -0.3 is 25.4 Å². The molecule has 3 amide bonds. The van der Waals surface area contributed by atoms with Gasteiger partial charge >= 0.3 is 5.97 Å². The lowest BCUT2D eigenvalue weighted by Crippen LogP contribution is -2.36. The molecular formula is C28H33N7O6. The number of nitrogens with one attached hydrogen (secondary N) is 3. The number of benzene rings is 1. The first kappa shape index (κ1) is 29.1. The molecule has 0 bridgehead atoms. The molecule has 1 aromatic carbocycles. The Balaban J connectivity index is 1.53. The Bertz CT molecular complexity index is 1500. The maximum absolute atomic E-state index is 13.6. The molecule has 13 heteroatoms. The summed E-state index contributed by atoms with van der Waals surface area (Å²) in [6, 6.07) is 4.32. The number of carbonyl (C=O) groups excluding carboxylic acids is 4. The predicted molar refractivity (Wildman–Crippen MR) is 149 cm³/mol. The monoisotopic (exact) mass is 563 g/mol. The van der Waals surface area contributed by atoms with E-state index in [1.165, 1.54) is 18.2 Å². The van der Waals surface area contributed by atoms with Crippen molar-refractivity contribution in [1.82, 2.24) is 30.1 Å². The quantitative estimate of drug-likeness (QED) is 0.123. The van der Waals surface area contributed by atoms with Crippen molar-refractivity contribution < 1.29 is 28.7 Å². The number of fused-ring (bicyclic) bond motifs is 1. The molecule has 0 radical (unpaired) electrons. The summed E-state index contributed by atoms with van der Waals surface area (Å²) >= 11 is 0. The summed E-state index contributed by atoms with van der Waals surface area (Å²) in [5.41, 5.74) is 3.74. The lowest BCUT2D eigenvalue weighted by Gasteiger charge is -2.25. The van der Waals surface area contributed by atoms with Crippen LogP contribution < -0.4 is 16.0 Å². The van der Waals surface area contributed by atoms with Crippen molar-refractivity contribution in [1.29, 1.82) is 0 Å². The number of esters is 1. The standard InChI is InChI=1S/C28H33N7O6/c1-6-29-26(37)22-12-34-24(17(22)3)25(30-13-32-34)33-23-11-20(8-7-16(23)2)27(38)35(21-9-10-21)19(5)40-15-41-28(39)18(4)31-14-36/h7-8,11-14,18,21H,5-6,9-10,15H2,1-4H3,(H,29,37)(H,31,36)(H,30,32,33). The van der Waals surface area contributed by atoms with Gasteiger partial charge in [-0.05, 0) is 70.4 Å². The number of hydrogen-bond donors (Lipinski definition) is 3. The molecule has 0 spiro atoms. The fourth-order valence-electron chi connectivity index (χ4n) is 4.23. The lowest BCUT2D eigenvalue weighted by molar-refractivity contribution is -0.157. The number of amides is 3. The fourth-order valence-corrected chi connectivity index (χ4v) is 4.23. The molecule has 216 valence electrons. The minimum Gasteiger partial charge on any atom is -0.443 e. The molecule has 0 aliphatic heterocycles. The van der Waals surface area contributed by atoms with Crippen molar-refractivity contribution in [2.24, 2.45) is 0 Å². The Kier molecular flexibility index (Phi) is 8.85. The number of aryl methyl sites for hydroxylation is 2. The van der Waals surface area contributed by atoms with Gasteiger partial charge in [-0.15, -0.1) is 0 Å². The van der Waals surface area contributed by atoms with Crippen molar-refractivity contribution in [3.05, 3.63) is 65.4 Å². The van der Waals surface area contributed by atoms with Gasteiger partial charge in [0.1, 0.15) is 17.9 Å². The summed E-state index contributed by atoms with van der Waals surface area (Å²) < 4.78 is 12.1. The summed E-state index contributed by atoms with van der Waals surface area (Å²) in [7, 11) is 0. The average molecular weight is 564 g/mol. The van der Waals surface area contributed by atoms with Gasteiger partial charge in [0.2, 0.25) is 13.2 Å². The summed E-state index contributed by atoms with van der Waals surface area (Å²) in [6.45, 7) is 11.0. The first-order chi connectivity index (χ1) is 19.7. The molecule has 1 atom stereocenters. The smallest absolute Gasteiger partial charge is 0.331 e. The van der Waals surface area contributed by atoms with Gasteiger partial charge in [0.05, 0.1) is 5.56 Å². The molecule has 1 aliphatic rings. The van der Waals surface area contributed by atoms with E-state index in [0.29, 0.717) is 46.7 Å². The molecule has 3 aromatic rings. The van der Waals surface area contributed by atoms with Gasteiger partial charge in [-0.2, -0.15) is 5.10 Å². The fraction of sp³-hybridized carbons (Fsp3) is 0.357. The molecule has 2 heterocycles. The van der Waals surface area contributed by atoms with E-state index in [-0.39, 0.29) is 23.7 Å². The highest BCUT2D eigenvalue weighted by Crippen LogP contribution is 2.33. The third kappa shape index (κ3) is 6.45. The Morgan fingerprint density at radius 2 is 2.00 bits per heavy atom. The number of ether oxygens (including phenoxy) is 2. The number of hydrogen-bond acceptors (Lipinski definition) is 9. The van der Waals surface area contributed by atoms with Crippen molar-refractivity contribution in [2.75, 3.05) is 18.7 Å². The van der Waals surface area contributed by atoms with Gasteiger partial charge in [-0.1, -0.05) is 6.07 Å². The van der Waals surface area contributed by atoms with Crippen LogP contribution in [0.4, 0.5) is 11.5 Å². The van der Waals surface area contributed by atoms with Crippen LogP contribution in [-0.4, -0.2) is 69.1 Å². The van der Waals surface area contributed by atoms with Gasteiger partial charge in [0.15, 0.2) is 11.7 Å². The van der Waals surface area contributed by atoms with E-state index in [2.05, 4.69) is 32.6 Å². The average Bonchev–Trinajstić information content (AvgIpc) is 3.71. The van der Waals surface area contributed by atoms with E-state index < -0.39 is 18.8 Å². The highest BCUT2D eigenvalue weighted by Gasteiger charge is 2.36. The van der Waals surface area contributed by atoms with Crippen LogP contribution >= 0.6 is 0 Å². The highest BCUT2D eigenvalue weighted by atomic mass is 16.7. The molecular weight excluding hydrogens is 530 g/mol. The van der Waals surface area contributed by atoms with E-state index in [1.54, 1.807) is 22.8 Å². The second-order valence-electron chi connectivity index (χ2n) is 9.62. The molecule has 4 rings (SSSR count). The van der Waals surface area contributed by atoms with E-state index in [4.69, 9.17) is 9.47 Å². The molecule has 41 heavy (non-hydrogen) atoms. The van der Waals surface area contributed by atoms with Crippen molar-refractivity contribution in [3.63, 3.8) is 0 Å². The van der Waals surface area contributed by atoms with Crippen LogP contribution in [0.15, 0.2) is 43.2 Å². The SMILES string of the molecule is C=C(OCOC(=O)C(C)NC=O)N(C(=O)c1ccc(C)c(Nc2ncnn3cc(C(=O)NCC)c(C)c23)c1)C1CC1. The van der Waals surface area contributed by atoms with Gasteiger partial charge in [-0.25, -0.2) is 14.3 Å². The zero-order chi connectivity index (χ0) is 29.7. The highest BCUT2D eigenvalue weighted by molar-refractivity contribution is 5.99. The van der Waals surface area contributed by atoms with Crippen LogP contribution in [-0.2, 0) is 19.1 Å². The molecule has 1 unspecified atom stereocenters. The van der Waals surface area contributed by atoms with Crippen LogP contribution in [0, 0.1) is 13.8 Å². The van der Waals surface area contributed by atoms with Gasteiger partial charge in [0, 0.05) is 30.0 Å². The van der Waals surface area contributed by atoms with E-state index in [9.17, 15) is 19.2 Å². The first-order valence-electron chi connectivity index (χ1n) is 13.2. The maximum atomic E-state index is 13.6. The minimum absolute atomic E-state index is 0.0515. The Morgan fingerprint density at radius 1 is 1.24 bits per heavy atom. The molecule has 1 aliphatic carbocycles. The summed E-state index contributed by atoms with van der Waals surface area (Å²) in [6.07, 6.45) is 5.02. The first-order valence-corrected chi connectivity index (χ1v) is 13.2. The van der Waals surface area contributed by atoms with Crippen LogP contribution in [0.25, 0.3) is 5.52 Å².